The maximum absolute atomic E-state index is 5.79. The summed E-state index contributed by atoms with van der Waals surface area (Å²) in [4.78, 5) is 12.4. The topological polar surface area (TPSA) is 40.0 Å². The van der Waals surface area contributed by atoms with Crippen molar-refractivity contribution < 1.29 is 0 Å². The Bertz CT molecular complexity index is 4390. The zero-order chi connectivity index (χ0) is 40.2. The van der Waals surface area contributed by atoms with Crippen molar-refractivity contribution in [2.24, 2.45) is 0 Å². The van der Waals surface area contributed by atoms with Gasteiger partial charge in [-0.1, -0.05) is 133 Å². The first kappa shape index (κ1) is 32.8. The summed E-state index contributed by atoms with van der Waals surface area (Å²) in [6.45, 7) is 0. The summed E-state index contributed by atoms with van der Waals surface area (Å²) in [5.41, 5.74) is 11.3. The molecule has 6 heteroatoms. The van der Waals surface area contributed by atoms with Crippen molar-refractivity contribution in [2.45, 2.75) is 0 Å². The number of rotatable bonds is 3. The molecule has 0 aliphatic heterocycles. The first-order chi connectivity index (χ1) is 30.8. The molecule has 286 valence electrons. The molecule has 15 rings (SSSR count). The van der Waals surface area contributed by atoms with Gasteiger partial charge in [-0.2, -0.15) is 0 Å². The molecule has 9 aromatic carbocycles. The van der Waals surface area contributed by atoms with Gasteiger partial charge in [0, 0.05) is 69.8 Å². The van der Waals surface area contributed by atoms with E-state index in [1.165, 1.54) is 86.0 Å². The van der Waals surface area contributed by atoms with Crippen molar-refractivity contribution >= 4 is 124 Å². The number of fused-ring (bicyclic) bond motifs is 18. The van der Waals surface area contributed by atoms with Crippen LogP contribution in [0, 0.1) is 0 Å². The third-order valence-electron chi connectivity index (χ3n) is 13.4. The molecule has 6 heterocycles. The van der Waals surface area contributed by atoms with Crippen LogP contribution in [0.2, 0.25) is 0 Å². The Labute approximate surface area is 356 Å². The predicted octanol–water partition coefficient (Wildman–Crippen LogP) is 15.0. The van der Waals surface area contributed by atoms with E-state index in [-0.39, 0.29) is 0 Å². The summed E-state index contributed by atoms with van der Waals surface area (Å²) in [7, 11) is 0. The minimum atomic E-state index is 0.667. The lowest BCUT2D eigenvalue weighted by Crippen LogP contribution is -2.03. The van der Waals surface area contributed by atoms with Gasteiger partial charge in [0.1, 0.15) is 4.83 Å². The van der Waals surface area contributed by atoms with Crippen LogP contribution in [0.3, 0.4) is 0 Å². The Hall–Kier alpha value is -8.06. The molecule has 62 heavy (non-hydrogen) atoms. The van der Waals surface area contributed by atoms with E-state index in [0.29, 0.717) is 5.95 Å². The van der Waals surface area contributed by atoms with Crippen LogP contribution < -0.4 is 0 Å². The molecule has 0 fully saturated rings. The largest absolute Gasteiger partial charge is 0.309 e. The Morgan fingerprint density at radius 2 is 1.03 bits per heavy atom. The van der Waals surface area contributed by atoms with Gasteiger partial charge in [0.05, 0.1) is 44.3 Å². The molecular formula is C56H31N5S. The first-order valence-electron chi connectivity index (χ1n) is 21.1. The van der Waals surface area contributed by atoms with Gasteiger partial charge in [-0.3, -0.25) is 4.57 Å². The van der Waals surface area contributed by atoms with Crippen LogP contribution in [0.5, 0.6) is 0 Å². The maximum Gasteiger partial charge on any atom is 0.236 e. The molecule has 0 radical (unpaired) electrons. The molecular weight excluding hydrogens is 775 g/mol. The second kappa shape index (κ2) is 11.8. The lowest BCUT2D eigenvalue weighted by Gasteiger charge is -2.12. The molecule has 6 aromatic heterocycles. The van der Waals surface area contributed by atoms with E-state index in [0.717, 1.165) is 43.7 Å². The van der Waals surface area contributed by atoms with Gasteiger partial charge >= 0.3 is 0 Å². The van der Waals surface area contributed by atoms with E-state index < -0.39 is 0 Å². The summed E-state index contributed by atoms with van der Waals surface area (Å²) in [5, 5.41) is 14.5. The third kappa shape index (κ3) is 4.12. The van der Waals surface area contributed by atoms with Crippen LogP contribution in [0.15, 0.2) is 188 Å². The van der Waals surface area contributed by atoms with Crippen LogP contribution in [0.4, 0.5) is 0 Å². The monoisotopic (exact) mass is 805 g/mol. The fourth-order valence-electron chi connectivity index (χ4n) is 10.9. The molecule has 0 spiro atoms. The number of hydrogen-bond acceptors (Lipinski definition) is 3. The number of aromatic nitrogens is 5. The lowest BCUT2D eigenvalue weighted by molar-refractivity contribution is 1.02. The second-order valence-corrected chi connectivity index (χ2v) is 17.5. The summed E-state index contributed by atoms with van der Waals surface area (Å²) in [5.74, 6) is 0.667. The van der Waals surface area contributed by atoms with Crippen LogP contribution in [0.25, 0.3) is 136 Å². The molecule has 5 nitrogen and oxygen atoms in total. The Kier molecular flexibility index (Phi) is 6.24. The van der Waals surface area contributed by atoms with E-state index in [4.69, 9.17) is 9.97 Å². The third-order valence-corrected chi connectivity index (χ3v) is 14.4. The van der Waals surface area contributed by atoms with Gasteiger partial charge in [-0.15, -0.1) is 11.3 Å². The number of para-hydroxylation sites is 4. The summed E-state index contributed by atoms with van der Waals surface area (Å²) in [6, 6.07) is 68.5. The van der Waals surface area contributed by atoms with E-state index in [1.807, 2.05) is 0 Å². The summed E-state index contributed by atoms with van der Waals surface area (Å²) < 4.78 is 8.43. The standard InChI is InChI=1S/C56H31N5S/c1-2-15-34(16-3-1)59-43-22-10-6-18-36(43)38-28-26-33(30-47(38)59)52-50-40-21-9-13-25-48(40)62-55(50)58-56(57-52)61-46-29-27-32-14-4-5-17-35(32)49(46)42-31-41-37-19-7-11-23-44(37)60-45-24-12-8-20-39(45)51(53(41)60)54(42)61/h1-31H. The van der Waals surface area contributed by atoms with E-state index >= 15 is 0 Å². The van der Waals surface area contributed by atoms with Crippen molar-refractivity contribution in [2.75, 3.05) is 0 Å². The van der Waals surface area contributed by atoms with E-state index in [2.05, 4.69) is 202 Å². The zero-order valence-electron chi connectivity index (χ0n) is 33.0. The second-order valence-electron chi connectivity index (χ2n) is 16.5. The Morgan fingerprint density at radius 3 is 1.87 bits per heavy atom. The van der Waals surface area contributed by atoms with Gasteiger partial charge < -0.3 is 8.97 Å². The lowest BCUT2D eigenvalue weighted by atomic mass is 10.0. The molecule has 0 unspecified atom stereocenters. The van der Waals surface area contributed by atoms with Crippen molar-refractivity contribution in [1.29, 1.82) is 0 Å². The highest BCUT2D eigenvalue weighted by Crippen LogP contribution is 2.48. The highest BCUT2D eigenvalue weighted by Gasteiger charge is 2.27. The molecule has 15 aromatic rings. The molecule has 0 aliphatic carbocycles. The van der Waals surface area contributed by atoms with Crippen molar-refractivity contribution in [3.63, 3.8) is 0 Å². The minimum absolute atomic E-state index is 0.667. The zero-order valence-corrected chi connectivity index (χ0v) is 33.9. The Morgan fingerprint density at radius 1 is 0.371 bits per heavy atom. The number of benzene rings is 9. The molecule has 0 N–H and O–H groups in total. The fourth-order valence-corrected chi connectivity index (χ4v) is 11.9. The summed E-state index contributed by atoms with van der Waals surface area (Å²) >= 11 is 1.74. The minimum Gasteiger partial charge on any atom is -0.309 e. The summed E-state index contributed by atoms with van der Waals surface area (Å²) in [6.07, 6.45) is 0. The fraction of sp³-hybridized carbons (Fsp3) is 0. The van der Waals surface area contributed by atoms with Gasteiger partial charge in [-0.05, 0) is 65.4 Å². The van der Waals surface area contributed by atoms with Crippen LogP contribution in [0.1, 0.15) is 0 Å². The first-order valence-corrected chi connectivity index (χ1v) is 21.9. The van der Waals surface area contributed by atoms with Crippen molar-refractivity contribution in [3.8, 4) is 22.9 Å². The highest BCUT2D eigenvalue weighted by atomic mass is 32.1. The number of hydrogen-bond donors (Lipinski definition) is 0. The van der Waals surface area contributed by atoms with Gasteiger partial charge in [-0.25, -0.2) is 9.97 Å². The number of thiophene rings is 1. The average molecular weight is 806 g/mol. The van der Waals surface area contributed by atoms with Gasteiger partial charge in [0.25, 0.3) is 0 Å². The molecule has 0 saturated heterocycles. The predicted molar refractivity (Wildman–Crippen MR) is 261 cm³/mol. The molecule has 0 aliphatic rings. The van der Waals surface area contributed by atoms with Gasteiger partial charge in [0.15, 0.2) is 0 Å². The highest BCUT2D eigenvalue weighted by molar-refractivity contribution is 7.25. The number of nitrogens with zero attached hydrogens (tertiary/aromatic N) is 5. The molecule has 0 saturated carbocycles. The van der Waals surface area contributed by atoms with Crippen LogP contribution in [-0.4, -0.2) is 23.5 Å². The maximum atomic E-state index is 5.79. The quantitative estimate of drug-likeness (QED) is 0.178. The van der Waals surface area contributed by atoms with Gasteiger partial charge in [0.2, 0.25) is 5.95 Å². The Balaban J connectivity index is 1.13. The molecule has 0 bridgehead atoms. The molecule has 0 atom stereocenters. The molecule has 0 amide bonds. The van der Waals surface area contributed by atoms with Crippen molar-refractivity contribution in [1.82, 2.24) is 23.5 Å². The van der Waals surface area contributed by atoms with Crippen LogP contribution in [-0.2, 0) is 0 Å². The van der Waals surface area contributed by atoms with Crippen molar-refractivity contribution in [3.05, 3.63) is 188 Å². The SMILES string of the molecule is c1ccc(-n2c3ccccc3c3ccc(-c4nc(-n5c6ccc7ccccc7c6c6cc7c8ccccc8n8c9ccccc9c(c65)c78)nc5sc6ccccc6c45)cc32)cc1. The average Bonchev–Trinajstić information content (AvgIpc) is 4.13. The normalized spacial score (nSPS) is 12.5. The van der Waals surface area contributed by atoms with E-state index in [1.54, 1.807) is 11.3 Å². The van der Waals surface area contributed by atoms with Crippen LogP contribution >= 0.6 is 11.3 Å². The smallest absolute Gasteiger partial charge is 0.236 e. The van der Waals surface area contributed by atoms with E-state index in [9.17, 15) is 0 Å².